The number of carbonyl (C=O) groups is 1. The zero-order valence-corrected chi connectivity index (χ0v) is 13.0. The number of halogens is 2. The highest BCUT2D eigenvalue weighted by Gasteiger charge is 2.26. The first-order valence-electron chi connectivity index (χ1n) is 6.87. The van der Waals surface area contributed by atoms with Gasteiger partial charge in [0.15, 0.2) is 0 Å². The summed E-state index contributed by atoms with van der Waals surface area (Å²) >= 11 is 12.1. The third-order valence-corrected chi connectivity index (χ3v) is 4.77. The second kappa shape index (κ2) is 6.79. The number of aryl methyl sites for hydroxylation is 1. The Labute approximate surface area is 129 Å². The molecule has 0 radical (unpaired) electrons. The van der Waals surface area contributed by atoms with E-state index < -0.39 is 6.10 Å². The fourth-order valence-corrected chi connectivity index (χ4v) is 2.83. The Balaban J connectivity index is 1.91. The molecule has 1 aromatic rings. The number of hydrogen-bond donors (Lipinski definition) is 1. The van der Waals surface area contributed by atoms with Gasteiger partial charge >= 0.3 is 0 Å². The summed E-state index contributed by atoms with van der Waals surface area (Å²) in [5.41, 5.74) is 0.887. The monoisotopic (exact) mass is 315 g/mol. The van der Waals surface area contributed by atoms with Crippen LogP contribution in [0.2, 0.25) is 10.0 Å². The van der Waals surface area contributed by atoms with Gasteiger partial charge in [-0.25, -0.2) is 0 Å². The lowest BCUT2D eigenvalue weighted by Crippen LogP contribution is -2.45. The van der Waals surface area contributed by atoms with Crippen LogP contribution < -0.4 is 0 Å². The number of piperidine rings is 1. The van der Waals surface area contributed by atoms with Crippen LogP contribution in [-0.2, 0) is 11.2 Å². The van der Waals surface area contributed by atoms with Gasteiger partial charge in [0, 0.05) is 19.5 Å². The zero-order valence-electron chi connectivity index (χ0n) is 11.5. The zero-order chi connectivity index (χ0) is 14.7. The van der Waals surface area contributed by atoms with Crippen molar-refractivity contribution in [3.8, 4) is 0 Å². The summed E-state index contributed by atoms with van der Waals surface area (Å²) < 4.78 is 0. The van der Waals surface area contributed by atoms with E-state index in [1.807, 2.05) is 19.1 Å². The average Bonchev–Trinajstić information content (AvgIpc) is 2.43. The summed E-state index contributed by atoms with van der Waals surface area (Å²) in [7, 11) is 0. The topological polar surface area (TPSA) is 40.5 Å². The van der Waals surface area contributed by atoms with Crippen LogP contribution in [0.5, 0.6) is 0 Å². The molecule has 0 aliphatic carbocycles. The Morgan fingerprint density at radius 2 is 2.20 bits per heavy atom. The van der Waals surface area contributed by atoms with Crippen molar-refractivity contribution < 1.29 is 9.90 Å². The molecular weight excluding hydrogens is 297 g/mol. The summed E-state index contributed by atoms with van der Waals surface area (Å²) in [5, 5.41) is 10.9. The highest BCUT2D eigenvalue weighted by molar-refractivity contribution is 6.42. The number of rotatable bonds is 3. The molecule has 1 heterocycles. The number of likely N-dealkylation sites (tertiary alicyclic amines) is 1. The van der Waals surface area contributed by atoms with Crippen LogP contribution in [0.3, 0.4) is 0 Å². The minimum absolute atomic E-state index is 0.0620. The largest absolute Gasteiger partial charge is 0.391 e. The first kappa shape index (κ1) is 15.6. The SMILES string of the molecule is CC1CCN(C(=O)CCc2cccc(Cl)c2Cl)CC1O. The van der Waals surface area contributed by atoms with Crippen molar-refractivity contribution in [2.24, 2.45) is 5.92 Å². The van der Waals surface area contributed by atoms with Gasteiger partial charge in [0.1, 0.15) is 0 Å². The maximum Gasteiger partial charge on any atom is 0.222 e. The van der Waals surface area contributed by atoms with E-state index in [1.54, 1.807) is 11.0 Å². The van der Waals surface area contributed by atoms with E-state index in [1.165, 1.54) is 0 Å². The number of nitrogens with zero attached hydrogens (tertiary/aromatic N) is 1. The van der Waals surface area contributed by atoms with Crippen molar-refractivity contribution in [1.29, 1.82) is 0 Å². The van der Waals surface area contributed by atoms with Crippen LogP contribution in [-0.4, -0.2) is 35.1 Å². The molecule has 1 aromatic carbocycles. The first-order valence-corrected chi connectivity index (χ1v) is 7.63. The van der Waals surface area contributed by atoms with Gasteiger partial charge < -0.3 is 10.0 Å². The van der Waals surface area contributed by atoms with Gasteiger partial charge in [-0.05, 0) is 30.4 Å². The fraction of sp³-hybridized carbons (Fsp3) is 0.533. The molecule has 1 N–H and O–H groups in total. The van der Waals surface area contributed by atoms with Crippen molar-refractivity contribution in [3.63, 3.8) is 0 Å². The van der Waals surface area contributed by atoms with Crippen LogP contribution in [0.25, 0.3) is 0 Å². The third-order valence-electron chi connectivity index (χ3n) is 3.91. The number of amides is 1. The molecule has 1 fully saturated rings. The minimum Gasteiger partial charge on any atom is -0.391 e. The van der Waals surface area contributed by atoms with E-state index in [9.17, 15) is 9.90 Å². The maximum atomic E-state index is 12.2. The summed E-state index contributed by atoms with van der Waals surface area (Å²) in [4.78, 5) is 13.9. The van der Waals surface area contributed by atoms with Crippen LogP contribution in [0.4, 0.5) is 0 Å². The fourth-order valence-electron chi connectivity index (χ4n) is 2.42. The van der Waals surface area contributed by atoms with Gasteiger partial charge in [-0.1, -0.05) is 42.3 Å². The van der Waals surface area contributed by atoms with Gasteiger partial charge in [0.2, 0.25) is 5.91 Å². The van der Waals surface area contributed by atoms with Crippen LogP contribution in [0, 0.1) is 5.92 Å². The van der Waals surface area contributed by atoms with Gasteiger partial charge in [-0.2, -0.15) is 0 Å². The van der Waals surface area contributed by atoms with E-state index in [-0.39, 0.29) is 11.8 Å². The molecule has 20 heavy (non-hydrogen) atoms. The summed E-state index contributed by atoms with van der Waals surface area (Å²) in [6.07, 6.45) is 1.40. The Morgan fingerprint density at radius 3 is 2.90 bits per heavy atom. The Kier molecular flexibility index (Phi) is 5.30. The van der Waals surface area contributed by atoms with E-state index in [0.717, 1.165) is 18.5 Å². The number of aliphatic hydroxyl groups excluding tert-OH is 1. The lowest BCUT2D eigenvalue weighted by atomic mass is 9.95. The predicted octanol–water partition coefficient (Wildman–Crippen LogP) is 3.16. The summed E-state index contributed by atoms with van der Waals surface area (Å²) in [6, 6.07) is 5.45. The van der Waals surface area contributed by atoms with Crippen LogP contribution >= 0.6 is 23.2 Å². The number of aliphatic hydroxyl groups is 1. The second-order valence-corrected chi connectivity index (χ2v) is 6.17. The first-order chi connectivity index (χ1) is 9.49. The maximum absolute atomic E-state index is 12.2. The minimum atomic E-state index is -0.414. The van der Waals surface area contributed by atoms with Crippen molar-refractivity contribution in [2.75, 3.05) is 13.1 Å². The lowest BCUT2D eigenvalue weighted by molar-refractivity contribution is -0.135. The van der Waals surface area contributed by atoms with E-state index in [4.69, 9.17) is 23.2 Å². The standard InChI is InChI=1S/C15H19Cl2NO2/c1-10-7-8-18(9-13(10)19)14(20)6-5-11-3-2-4-12(16)15(11)17/h2-4,10,13,19H,5-9H2,1H3. The van der Waals surface area contributed by atoms with Crippen molar-refractivity contribution >= 4 is 29.1 Å². The number of hydrogen-bond acceptors (Lipinski definition) is 2. The van der Waals surface area contributed by atoms with Gasteiger partial charge in [-0.3, -0.25) is 4.79 Å². The van der Waals surface area contributed by atoms with Crippen LogP contribution in [0.1, 0.15) is 25.3 Å². The number of carbonyl (C=O) groups excluding carboxylic acids is 1. The smallest absolute Gasteiger partial charge is 0.222 e. The van der Waals surface area contributed by atoms with E-state index in [0.29, 0.717) is 29.4 Å². The van der Waals surface area contributed by atoms with E-state index in [2.05, 4.69) is 0 Å². The van der Waals surface area contributed by atoms with Gasteiger partial charge in [0.25, 0.3) is 0 Å². The normalized spacial score (nSPS) is 22.9. The highest BCUT2D eigenvalue weighted by Crippen LogP contribution is 2.26. The predicted molar refractivity (Wildman–Crippen MR) is 81.2 cm³/mol. The quantitative estimate of drug-likeness (QED) is 0.930. The van der Waals surface area contributed by atoms with E-state index >= 15 is 0 Å². The molecular formula is C15H19Cl2NO2. The lowest BCUT2D eigenvalue weighted by Gasteiger charge is -2.34. The molecule has 1 aliphatic rings. The van der Waals surface area contributed by atoms with Crippen molar-refractivity contribution in [3.05, 3.63) is 33.8 Å². The molecule has 1 aliphatic heterocycles. The molecule has 0 spiro atoms. The Morgan fingerprint density at radius 1 is 1.45 bits per heavy atom. The van der Waals surface area contributed by atoms with Gasteiger partial charge in [0.05, 0.1) is 16.1 Å². The Hall–Kier alpha value is -0.770. The number of β-amino-alcohol motifs (C(OH)–C–C–N with tert-alkyl or cyclic N) is 1. The highest BCUT2D eigenvalue weighted by atomic mass is 35.5. The molecule has 0 saturated carbocycles. The molecule has 1 amide bonds. The summed E-state index contributed by atoms with van der Waals surface area (Å²) in [6.45, 7) is 3.17. The number of benzene rings is 1. The van der Waals surface area contributed by atoms with Crippen molar-refractivity contribution in [2.45, 2.75) is 32.3 Å². The summed E-state index contributed by atoms with van der Waals surface area (Å²) in [5.74, 6) is 0.327. The molecule has 5 heteroatoms. The molecule has 0 bridgehead atoms. The van der Waals surface area contributed by atoms with Crippen molar-refractivity contribution in [1.82, 2.24) is 4.90 Å². The second-order valence-electron chi connectivity index (χ2n) is 5.39. The Bertz CT molecular complexity index is 493. The average molecular weight is 316 g/mol. The molecule has 0 aromatic heterocycles. The molecule has 2 rings (SSSR count). The molecule has 2 unspecified atom stereocenters. The molecule has 110 valence electrons. The van der Waals surface area contributed by atoms with Gasteiger partial charge in [-0.15, -0.1) is 0 Å². The third kappa shape index (κ3) is 3.66. The molecule has 2 atom stereocenters. The molecule has 1 saturated heterocycles. The molecule has 3 nitrogen and oxygen atoms in total. The van der Waals surface area contributed by atoms with Crippen LogP contribution in [0.15, 0.2) is 18.2 Å².